The van der Waals surface area contributed by atoms with E-state index < -0.39 is 0 Å². The molecule has 0 atom stereocenters. The molecule has 3 aromatic rings. The van der Waals surface area contributed by atoms with Crippen molar-refractivity contribution in [3.05, 3.63) is 54.0 Å². The molecule has 102 valence electrons. The van der Waals surface area contributed by atoms with Crippen LogP contribution >= 0.6 is 11.8 Å². The maximum absolute atomic E-state index is 13.3. The number of methoxy groups -OCH3 is 1. The zero-order valence-electron chi connectivity index (χ0n) is 10.8. The second kappa shape index (κ2) is 5.50. The van der Waals surface area contributed by atoms with Crippen LogP contribution in [-0.2, 0) is 5.75 Å². The number of nitrogens with zero attached hydrogens (tertiary/aromatic N) is 3. The number of fused-ring (bicyclic) bond motifs is 1. The third-order valence-electron chi connectivity index (χ3n) is 2.88. The van der Waals surface area contributed by atoms with Gasteiger partial charge in [0.05, 0.1) is 7.11 Å². The summed E-state index contributed by atoms with van der Waals surface area (Å²) in [7, 11) is 1.58. The third kappa shape index (κ3) is 2.46. The minimum absolute atomic E-state index is 0.271. The monoisotopic (exact) mass is 289 g/mol. The van der Waals surface area contributed by atoms with Gasteiger partial charge in [0, 0.05) is 17.5 Å². The van der Waals surface area contributed by atoms with E-state index in [1.807, 2.05) is 28.8 Å². The van der Waals surface area contributed by atoms with Crippen LogP contribution < -0.4 is 4.74 Å². The minimum atomic E-state index is -0.271. The van der Waals surface area contributed by atoms with E-state index in [-0.39, 0.29) is 5.82 Å². The molecule has 0 unspecified atom stereocenters. The van der Waals surface area contributed by atoms with Gasteiger partial charge in [-0.25, -0.2) is 4.39 Å². The van der Waals surface area contributed by atoms with E-state index in [2.05, 4.69) is 10.2 Å². The SMILES string of the molecule is COc1ccc(F)cc1CSc1nnc2ccccn12. The molecule has 0 bridgehead atoms. The van der Waals surface area contributed by atoms with Gasteiger partial charge in [0.2, 0.25) is 0 Å². The molecular weight excluding hydrogens is 277 g/mol. The van der Waals surface area contributed by atoms with Crippen molar-refractivity contribution in [2.75, 3.05) is 7.11 Å². The second-order valence-electron chi connectivity index (χ2n) is 4.16. The molecule has 3 rings (SSSR count). The van der Waals surface area contributed by atoms with Gasteiger partial charge in [-0.15, -0.1) is 10.2 Å². The highest BCUT2D eigenvalue weighted by Gasteiger charge is 2.09. The fourth-order valence-electron chi connectivity index (χ4n) is 1.92. The average Bonchev–Trinajstić information content (AvgIpc) is 2.88. The van der Waals surface area contributed by atoms with Crippen LogP contribution in [0, 0.1) is 5.82 Å². The van der Waals surface area contributed by atoms with Gasteiger partial charge in [0.1, 0.15) is 11.6 Å². The van der Waals surface area contributed by atoms with Crippen molar-refractivity contribution in [3.63, 3.8) is 0 Å². The Balaban J connectivity index is 1.84. The normalized spacial score (nSPS) is 10.9. The smallest absolute Gasteiger partial charge is 0.195 e. The van der Waals surface area contributed by atoms with Crippen molar-refractivity contribution >= 4 is 17.4 Å². The Bertz CT molecular complexity index is 744. The second-order valence-corrected chi connectivity index (χ2v) is 5.10. The molecule has 2 heterocycles. The fourth-order valence-corrected chi connectivity index (χ4v) is 2.82. The van der Waals surface area contributed by atoms with E-state index in [0.29, 0.717) is 11.5 Å². The molecular formula is C14H12FN3OS. The Hall–Kier alpha value is -2.08. The van der Waals surface area contributed by atoms with Crippen LogP contribution in [0.4, 0.5) is 4.39 Å². The van der Waals surface area contributed by atoms with E-state index in [1.54, 1.807) is 13.2 Å². The lowest BCUT2D eigenvalue weighted by molar-refractivity contribution is 0.410. The van der Waals surface area contributed by atoms with Gasteiger partial charge in [-0.05, 0) is 30.3 Å². The summed E-state index contributed by atoms with van der Waals surface area (Å²) in [6, 6.07) is 10.2. The Labute approximate surface area is 119 Å². The quantitative estimate of drug-likeness (QED) is 0.692. The molecule has 20 heavy (non-hydrogen) atoms. The largest absolute Gasteiger partial charge is 0.496 e. The van der Waals surface area contributed by atoms with Gasteiger partial charge in [0.25, 0.3) is 0 Å². The summed E-state index contributed by atoms with van der Waals surface area (Å²) in [5.74, 6) is 0.969. The molecule has 2 aromatic heterocycles. The molecule has 0 spiro atoms. The van der Waals surface area contributed by atoms with Crippen LogP contribution in [0.5, 0.6) is 5.75 Å². The maximum Gasteiger partial charge on any atom is 0.195 e. The molecule has 0 saturated carbocycles. The molecule has 1 aromatic carbocycles. The molecule has 0 aliphatic carbocycles. The molecule has 0 saturated heterocycles. The lowest BCUT2D eigenvalue weighted by atomic mass is 10.2. The zero-order chi connectivity index (χ0) is 13.9. The van der Waals surface area contributed by atoms with Crippen molar-refractivity contribution < 1.29 is 9.13 Å². The van der Waals surface area contributed by atoms with Crippen LogP contribution in [0.2, 0.25) is 0 Å². The number of ether oxygens (including phenoxy) is 1. The van der Waals surface area contributed by atoms with Crippen molar-refractivity contribution in [3.8, 4) is 5.75 Å². The summed E-state index contributed by atoms with van der Waals surface area (Å²) in [6.07, 6.45) is 1.90. The number of hydrogen-bond donors (Lipinski definition) is 0. The number of halogens is 1. The van der Waals surface area contributed by atoms with E-state index in [0.717, 1.165) is 16.4 Å². The first kappa shape index (κ1) is 12.9. The average molecular weight is 289 g/mol. The number of pyridine rings is 1. The van der Waals surface area contributed by atoms with Crippen molar-refractivity contribution in [1.29, 1.82) is 0 Å². The topological polar surface area (TPSA) is 39.4 Å². The molecule has 0 aliphatic rings. The number of hydrogen-bond acceptors (Lipinski definition) is 4. The van der Waals surface area contributed by atoms with Gasteiger partial charge in [-0.3, -0.25) is 4.40 Å². The molecule has 0 amide bonds. The van der Waals surface area contributed by atoms with Crippen LogP contribution in [0.1, 0.15) is 5.56 Å². The Morgan fingerprint density at radius 2 is 2.15 bits per heavy atom. The third-order valence-corrected chi connectivity index (χ3v) is 3.87. The Morgan fingerprint density at radius 1 is 1.25 bits per heavy atom. The molecule has 6 heteroatoms. The maximum atomic E-state index is 13.3. The lowest BCUT2D eigenvalue weighted by Crippen LogP contribution is -1.93. The summed E-state index contributed by atoms with van der Waals surface area (Å²) >= 11 is 1.49. The fraction of sp³-hybridized carbons (Fsp3) is 0.143. The van der Waals surface area contributed by atoms with E-state index >= 15 is 0 Å². The number of benzene rings is 1. The van der Waals surface area contributed by atoms with Gasteiger partial charge in [0.15, 0.2) is 10.8 Å². The van der Waals surface area contributed by atoms with E-state index in [9.17, 15) is 4.39 Å². The highest BCUT2D eigenvalue weighted by molar-refractivity contribution is 7.98. The summed E-state index contributed by atoms with van der Waals surface area (Å²) in [6.45, 7) is 0. The summed E-state index contributed by atoms with van der Waals surface area (Å²) in [5.41, 5.74) is 1.59. The molecule has 0 aliphatic heterocycles. The number of rotatable bonds is 4. The van der Waals surface area contributed by atoms with Gasteiger partial charge < -0.3 is 4.74 Å². The Morgan fingerprint density at radius 3 is 3.00 bits per heavy atom. The van der Waals surface area contributed by atoms with E-state index in [1.165, 1.54) is 23.9 Å². The minimum Gasteiger partial charge on any atom is -0.496 e. The van der Waals surface area contributed by atoms with Crippen LogP contribution in [0.3, 0.4) is 0 Å². The zero-order valence-corrected chi connectivity index (χ0v) is 11.6. The van der Waals surface area contributed by atoms with Gasteiger partial charge in [-0.1, -0.05) is 17.8 Å². The summed E-state index contributed by atoms with van der Waals surface area (Å²) in [5, 5.41) is 8.98. The van der Waals surface area contributed by atoms with Crippen molar-refractivity contribution in [2.24, 2.45) is 0 Å². The predicted molar refractivity (Wildman–Crippen MR) is 75.5 cm³/mol. The number of aromatic nitrogens is 3. The summed E-state index contributed by atoms with van der Waals surface area (Å²) in [4.78, 5) is 0. The standard InChI is InChI=1S/C14H12FN3OS/c1-19-12-6-5-11(15)8-10(12)9-20-14-17-16-13-4-2-3-7-18(13)14/h2-8H,9H2,1H3. The first-order chi connectivity index (χ1) is 9.78. The molecule has 4 nitrogen and oxygen atoms in total. The highest BCUT2D eigenvalue weighted by atomic mass is 32.2. The van der Waals surface area contributed by atoms with Crippen LogP contribution in [-0.4, -0.2) is 21.7 Å². The lowest BCUT2D eigenvalue weighted by Gasteiger charge is -2.07. The van der Waals surface area contributed by atoms with Crippen molar-refractivity contribution in [2.45, 2.75) is 10.9 Å². The van der Waals surface area contributed by atoms with Gasteiger partial charge >= 0.3 is 0 Å². The van der Waals surface area contributed by atoms with Crippen LogP contribution in [0.15, 0.2) is 47.8 Å². The first-order valence-corrected chi connectivity index (χ1v) is 7.01. The predicted octanol–water partition coefficient (Wildman–Crippen LogP) is 3.17. The molecule has 0 fully saturated rings. The Kier molecular flexibility index (Phi) is 3.56. The van der Waals surface area contributed by atoms with Gasteiger partial charge in [-0.2, -0.15) is 0 Å². The first-order valence-electron chi connectivity index (χ1n) is 6.03. The highest BCUT2D eigenvalue weighted by Crippen LogP contribution is 2.27. The van der Waals surface area contributed by atoms with Crippen LogP contribution in [0.25, 0.3) is 5.65 Å². The summed E-state index contributed by atoms with van der Waals surface area (Å²) < 4.78 is 20.4. The number of thioether (sulfide) groups is 1. The van der Waals surface area contributed by atoms with Crippen molar-refractivity contribution in [1.82, 2.24) is 14.6 Å². The molecule has 0 N–H and O–H groups in total. The van der Waals surface area contributed by atoms with E-state index in [4.69, 9.17) is 4.74 Å². The molecule has 0 radical (unpaired) electrons.